The van der Waals surface area contributed by atoms with Gasteiger partial charge in [0.15, 0.2) is 5.96 Å². The third-order valence-corrected chi connectivity index (χ3v) is 4.64. The van der Waals surface area contributed by atoms with Crippen LogP contribution in [0.15, 0.2) is 53.5 Å². The van der Waals surface area contributed by atoms with Gasteiger partial charge in [0.2, 0.25) is 5.91 Å². The first-order valence-electron chi connectivity index (χ1n) is 9.36. The summed E-state index contributed by atoms with van der Waals surface area (Å²) in [5, 5.41) is 9.09. The molecule has 3 N–H and O–H groups in total. The van der Waals surface area contributed by atoms with Gasteiger partial charge in [0.1, 0.15) is 0 Å². The number of guanidine groups is 1. The molecule has 1 amide bonds. The van der Waals surface area contributed by atoms with Crippen LogP contribution in [0.4, 0.5) is 18.9 Å². The molecule has 0 aromatic heterocycles. The normalized spacial score (nSPS) is 16.1. The van der Waals surface area contributed by atoms with Crippen molar-refractivity contribution < 1.29 is 18.0 Å². The van der Waals surface area contributed by atoms with E-state index in [4.69, 9.17) is 0 Å². The molecule has 8 heteroatoms. The van der Waals surface area contributed by atoms with E-state index in [-0.39, 0.29) is 18.4 Å². The molecule has 1 aliphatic heterocycles. The lowest BCUT2D eigenvalue weighted by Gasteiger charge is -2.26. The molecule has 0 saturated heterocycles. The van der Waals surface area contributed by atoms with Crippen molar-refractivity contribution in [3.8, 4) is 11.8 Å². The van der Waals surface area contributed by atoms with Crippen LogP contribution in [0.3, 0.4) is 0 Å². The summed E-state index contributed by atoms with van der Waals surface area (Å²) in [5.41, 5.74) is 1.69. The summed E-state index contributed by atoms with van der Waals surface area (Å²) in [5.74, 6) is 6.20. The number of para-hydroxylation sites is 1. The Bertz CT molecular complexity index is 988. The van der Waals surface area contributed by atoms with Crippen molar-refractivity contribution in [2.24, 2.45) is 4.99 Å². The number of carbonyl (C=O) groups excluding carboxylic acids is 1. The van der Waals surface area contributed by atoms with Gasteiger partial charge in [0.25, 0.3) is 0 Å². The fraction of sp³-hybridized carbons (Fsp3) is 0.273. The predicted molar refractivity (Wildman–Crippen MR) is 110 cm³/mol. The number of hydrogen-bond donors (Lipinski definition) is 3. The molecule has 0 spiro atoms. The highest BCUT2D eigenvalue weighted by atomic mass is 19.4. The summed E-state index contributed by atoms with van der Waals surface area (Å²) in [7, 11) is 1.63. The monoisotopic (exact) mass is 414 g/mol. The van der Waals surface area contributed by atoms with Gasteiger partial charge < -0.3 is 16.0 Å². The lowest BCUT2D eigenvalue weighted by molar-refractivity contribution is -0.137. The number of alkyl halides is 3. The van der Waals surface area contributed by atoms with Gasteiger partial charge in [-0.15, -0.1) is 0 Å². The highest BCUT2D eigenvalue weighted by Crippen LogP contribution is 2.31. The molecule has 0 bridgehead atoms. The Hall–Kier alpha value is -3.47. The van der Waals surface area contributed by atoms with E-state index in [1.807, 2.05) is 24.3 Å². The van der Waals surface area contributed by atoms with Gasteiger partial charge in [-0.2, -0.15) is 13.2 Å². The van der Waals surface area contributed by atoms with Gasteiger partial charge in [-0.3, -0.25) is 9.79 Å². The summed E-state index contributed by atoms with van der Waals surface area (Å²) >= 11 is 0. The smallest absolute Gasteiger partial charge is 0.356 e. The third kappa shape index (κ3) is 5.54. The minimum Gasteiger partial charge on any atom is -0.356 e. The number of anilines is 1. The largest absolute Gasteiger partial charge is 0.416 e. The molecule has 2 aromatic rings. The van der Waals surface area contributed by atoms with Crippen molar-refractivity contribution in [1.29, 1.82) is 0 Å². The molecular weight excluding hydrogens is 393 g/mol. The maximum atomic E-state index is 12.6. The zero-order valence-corrected chi connectivity index (χ0v) is 16.3. The van der Waals surface area contributed by atoms with Crippen molar-refractivity contribution in [3.05, 3.63) is 65.2 Å². The van der Waals surface area contributed by atoms with Crippen molar-refractivity contribution in [3.63, 3.8) is 0 Å². The Balaban J connectivity index is 1.52. The van der Waals surface area contributed by atoms with Gasteiger partial charge in [-0.1, -0.05) is 30.0 Å². The number of rotatable bonds is 3. The molecular formula is C22H21F3N4O. The average molecular weight is 414 g/mol. The van der Waals surface area contributed by atoms with E-state index in [1.54, 1.807) is 7.05 Å². The first-order valence-corrected chi connectivity index (χ1v) is 9.36. The maximum absolute atomic E-state index is 12.6. The van der Waals surface area contributed by atoms with E-state index >= 15 is 0 Å². The summed E-state index contributed by atoms with van der Waals surface area (Å²) in [6.45, 7) is 0.791. The molecule has 0 saturated carbocycles. The summed E-state index contributed by atoms with van der Waals surface area (Å²) < 4.78 is 37.7. The molecule has 2 aromatic carbocycles. The Morgan fingerprint density at radius 1 is 1.17 bits per heavy atom. The summed E-state index contributed by atoms with van der Waals surface area (Å²) in [6.07, 6.45) is -3.97. The average Bonchev–Trinajstić information content (AvgIpc) is 2.72. The molecule has 1 aliphatic rings. The van der Waals surface area contributed by atoms with Gasteiger partial charge in [0.05, 0.1) is 12.1 Å². The highest BCUT2D eigenvalue weighted by molar-refractivity contribution is 5.94. The molecule has 30 heavy (non-hydrogen) atoms. The lowest BCUT2D eigenvalue weighted by Crippen LogP contribution is -2.40. The van der Waals surface area contributed by atoms with Crippen LogP contribution >= 0.6 is 0 Å². The molecule has 1 unspecified atom stereocenters. The predicted octanol–water partition coefficient (Wildman–Crippen LogP) is 3.35. The van der Waals surface area contributed by atoms with Crippen molar-refractivity contribution >= 4 is 17.6 Å². The van der Waals surface area contributed by atoms with Crippen LogP contribution in [0.5, 0.6) is 0 Å². The molecule has 0 aliphatic carbocycles. The molecule has 0 radical (unpaired) electrons. The second kappa shape index (κ2) is 9.35. The number of nitrogens with zero attached hydrogens (tertiary/aromatic N) is 1. The fourth-order valence-electron chi connectivity index (χ4n) is 3.14. The van der Waals surface area contributed by atoms with E-state index in [0.717, 1.165) is 23.4 Å². The quantitative estimate of drug-likeness (QED) is 0.410. The standard InChI is InChI=1S/C22H21F3N4O/c1-26-21(27-12-4-5-15-8-10-17(11-9-15)22(23,24)25)28-14-16-13-20(30)29-19-7-3-2-6-18(16)19/h2-3,6-11,16H,12-14H2,1H3,(H,29,30)(H2,26,27,28). The highest BCUT2D eigenvalue weighted by Gasteiger charge is 2.29. The second-order valence-corrected chi connectivity index (χ2v) is 6.72. The van der Waals surface area contributed by atoms with Gasteiger partial charge in [-0.05, 0) is 35.9 Å². The fourth-order valence-corrected chi connectivity index (χ4v) is 3.14. The first kappa shape index (κ1) is 21.2. The van der Waals surface area contributed by atoms with Crippen LogP contribution < -0.4 is 16.0 Å². The van der Waals surface area contributed by atoms with Crippen molar-refractivity contribution in [2.75, 3.05) is 25.5 Å². The lowest BCUT2D eigenvalue weighted by atomic mass is 9.90. The zero-order chi connectivity index (χ0) is 21.6. The second-order valence-electron chi connectivity index (χ2n) is 6.72. The molecule has 5 nitrogen and oxygen atoms in total. The van der Waals surface area contributed by atoms with E-state index in [2.05, 4.69) is 32.8 Å². The molecule has 156 valence electrons. The number of benzene rings is 2. The first-order chi connectivity index (χ1) is 14.4. The number of aliphatic imine (C=N–C) groups is 1. The van der Waals surface area contributed by atoms with Gasteiger partial charge in [0, 0.05) is 37.2 Å². The Morgan fingerprint density at radius 3 is 2.60 bits per heavy atom. The van der Waals surface area contributed by atoms with Crippen LogP contribution in [0, 0.1) is 11.8 Å². The zero-order valence-electron chi connectivity index (χ0n) is 16.3. The van der Waals surface area contributed by atoms with E-state index in [1.165, 1.54) is 12.1 Å². The van der Waals surface area contributed by atoms with Crippen LogP contribution in [-0.2, 0) is 11.0 Å². The number of halogens is 3. The summed E-state index contributed by atoms with van der Waals surface area (Å²) in [6, 6.07) is 12.4. The van der Waals surface area contributed by atoms with E-state index in [0.29, 0.717) is 24.5 Å². The number of nitrogens with one attached hydrogen (secondary N) is 3. The SMILES string of the molecule is CN=C(NCC#Cc1ccc(C(F)(F)F)cc1)NCC1CC(=O)Nc2ccccc21. The van der Waals surface area contributed by atoms with E-state index in [9.17, 15) is 18.0 Å². The molecule has 1 atom stereocenters. The number of hydrogen-bond acceptors (Lipinski definition) is 2. The number of carbonyl (C=O) groups is 1. The van der Waals surface area contributed by atoms with Gasteiger partial charge >= 0.3 is 6.18 Å². The number of fused-ring (bicyclic) bond motifs is 1. The molecule has 3 rings (SSSR count). The Morgan fingerprint density at radius 2 is 1.90 bits per heavy atom. The van der Waals surface area contributed by atoms with Crippen molar-refractivity contribution in [1.82, 2.24) is 10.6 Å². The Kier molecular flexibility index (Phi) is 6.62. The van der Waals surface area contributed by atoms with Crippen LogP contribution in [-0.4, -0.2) is 32.0 Å². The van der Waals surface area contributed by atoms with E-state index < -0.39 is 11.7 Å². The van der Waals surface area contributed by atoms with Crippen LogP contribution in [0.2, 0.25) is 0 Å². The minimum absolute atomic E-state index is 0.0201. The third-order valence-electron chi connectivity index (χ3n) is 4.64. The summed E-state index contributed by atoms with van der Waals surface area (Å²) in [4.78, 5) is 16.0. The van der Waals surface area contributed by atoms with Crippen LogP contribution in [0.25, 0.3) is 0 Å². The Labute approximate surface area is 172 Å². The van der Waals surface area contributed by atoms with Gasteiger partial charge in [-0.25, -0.2) is 0 Å². The topological polar surface area (TPSA) is 65.5 Å². The molecule has 0 fully saturated rings. The van der Waals surface area contributed by atoms with Crippen molar-refractivity contribution in [2.45, 2.75) is 18.5 Å². The molecule has 1 heterocycles. The number of amides is 1. The minimum atomic E-state index is -4.36. The maximum Gasteiger partial charge on any atom is 0.416 e. The van der Waals surface area contributed by atoms with Crippen LogP contribution in [0.1, 0.15) is 29.0 Å².